The minimum Gasteiger partial charge on any atom is -0.381 e. The number of anilines is 2. The fraction of sp³-hybridized carbons (Fsp3) is 0.688. The lowest BCUT2D eigenvalue weighted by atomic mass is 9.94. The van der Waals surface area contributed by atoms with Gasteiger partial charge < -0.3 is 19.7 Å². The van der Waals surface area contributed by atoms with Gasteiger partial charge in [-0.15, -0.1) is 0 Å². The first kappa shape index (κ1) is 14.6. The van der Waals surface area contributed by atoms with E-state index >= 15 is 0 Å². The zero-order chi connectivity index (χ0) is 14.7. The van der Waals surface area contributed by atoms with Crippen molar-refractivity contribution in [3.8, 4) is 0 Å². The van der Waals surface area contributed by atoms with E-state index in [1.807, 2.05) is 6.20 Å². The fourth-order valence-corrected chi connectivity index (χ4v) is 3.04. The zero-order valence-corrected chi connectivity index (χ0v) is 13.0. The predicted molar refractivity (Wildman–Crippen MR) is 83.9 cm³/mol. The lowest BCUT2D eigenvalue weighted by Crippen LogP contribution is -2.40. The lowest BCUT2D eigenvalue weighted by Gasteiger charge is -2.36. The molecule has 0 saturated carbocycles. The highest BCUT2D eigenvalue weighted by molar-refractivity contribution is 5.49. The zero-order valence-electron chi connectivity index (χ0n) is 13.0. The molecule has 1 N–H and O–H groups in total. The summed E-state index contributed by atoms with van der Waals surface area (Å²) in [6.07, 6.45) is 4.01. The molecular weight excluding hydrogens is 266 g/mol. The number of morpholine rings is 1. The van der Waals surface area contributed by atoms with Crippen LogP contribution in [0.1, 0.15) is 26.7 Å². The summed E-state index contributed by atoms with van der Waals surface area (Å²) in [7, 11) is 0. The maximum Gasteiger partial charge on any atom is 0.128 e. The first-order valence-corrected chi connectivity index (χ1v) is 7.82. The van der Waals surface area contributed by atoms with Crippen LogP contribution in [0, 0.1) is 0 Å². The van der Waals surface area contributed by atoms with Gasteiger partial charge in [0.2, 0.25) is 0 Å². The van der Waals surface area contributed by atoms with Crippen LogP contribution < -0.4 is 10.2 Å². The molecule has 2 aliphatic rings. The highest BCUT2D eigenvalue weighted by Gasteiger charge is 2.28. The number of nitrogens with one attached hydrogen (secondary N) is 1. The average molecular weight is 291 g/mol. The molecule has 2 aliphatic heterocycles. The number of pyridine rings is 1. The van der Waals surface area contributed by atoms with Crippen molar-refractivity contribution < 1.29 is 9.47 Å². The van der Waals surface area contributed by atoms with E-state index in [0.29, 0.717) is 6.04 Å². The molecule has 0 radical (unpaired) electrons. The highest BCUT2D eigenvalue weighted by Crippen LogP contribution is 2.26. The van der Waals surface area contributed by atoms with Crippen LogP contribution in [0.5, 0.6) is 0 Å². The van der Waals surface area contributed by atoms with Gasteiger partial charge in [0.25, 0.3) is 0 Å². The summed E-state index contributed by atoms with van der Waals surface area (Å²) in [6.45, 7) is 8.56. The van der Waals surface area contributed by atoms with Gasteiger partial charge in [-0.05, 0) is 38.8 Å². The van der Waals surface area contributed by atoms with E-state index in [4.69, 9.17) is 9.47 Å². The van der Waals surface area contributed by atoms with Crippen LogP contribution in [0.25, 0.3) is 0 Å². The minimum atomic E-state index is -0.0307. The van der Waals surface area contributed by atoms with Gasteiger partial charge in [0.1, 0.15) is 5.82 Å². The van der Waals surface area contributed by atoms with Gasteiger partial charge in [-0.25, -0.2) is 4.98 Å². The van der Waals surface area contributed by atoms with Crippen molar-refractivity contribution in [1.29, 1.82) is 0 Å². The summed E-state index contributed by atoms with van der Waals surface area (Å²) in [5.74, 6) is 1.04. The highest BCUT2D eigenvalue weighted by atomic mass is 16.5. The number of rotatable bonds is 3. The van der Waals surface area contributed by atoms with Gasteiger partial charge in [0.05, 0.1) is 30.7 Å². The molecule has 1 atom stereocenters. The predicted octanol–water partition coefficient (Wildman–Crippen LogP) is 2.29. The van der Waals surface area contributed by atoms with Gasteiger partial charge in [0.15, 0.2) is 0 Å². The topological polar surface area (TPSA) is 46.6 Å². The number of ether oxygens (including phenoxy) is 2. The van der Waals surface area contributed by atoms with E-state index in [1.54, 1.807) is 0 Å². The van der Waals surface area contributed by atoms with E-state index in [2.05, 4.69) is 41.2 Å². The van der Waals surface area contributed by atoms with Crippen molar-refractivity contribution in [3.05, 3.63) is 18.3 Å². The molecule has 1 aromatic heterocycles. The Morgan fingerprint density at radius 1 is 1.24 bits per heavy atom. The number of hydrogen-bond acceptors (Lipinski definition) is 5. The van der Waals surface area contributed by atoms with Crippen molar-refractivity contribution >= 4 is 11.5 Å². The molecular formula is C16H25N3O2. The van der Waals surface area contributed by atoms with Gasteiger partial charge >= 0.3 is 0 Å². The molecule has 3 rings (SSSR count). The van der Waals surface area contributed by atoms with Gasteiger partial charge in [-0.2, -0.15) is 0 Å². The quantitative estimate of drug-likeness (QED) is 0.926. The number of aromatic nitrogens is 1. The summed E-state index contributed by atoms with van der Waals surface area (Å²) >= 11 is 0. The normalized spacial score (nSPS) is 25.6. The molecule has 21 heavy (non-hydrogen) atoms. The molecule has 0 bridgehead atoms. The van der Waals surface area contributed by atoms with Crippen LogP contribution in [0.3, 0.4) is 0 Å². The molecule has 1 aromatic rings. The van der Waals surface area contributed by atoms with E-state index in [9.17, 15) is 0 Å². The van der Waals surface area contributed by atoms with Crippen molar-refractivity contribution in [3.63, 3.8) is 0 Å². The summed E-state index contributed by atoms with van der Waals surface area (Å²) in [5, 5.41) is 3.58. The summed E-state index contributed by atoms with van der Waals surface area (Å²) in [4.78, 5) is 6.85. The average Bonchev–Trinajstić information content (AvgIpc) is 2.48. The molecule has 2 saturated heterocycles. The Bertz CT molecular complexity index is 455. The molecule has 0 aliphatic carbocycles. The second kappa shape index (κ2) is 6.20. The van der Waals surface area contributed by atoms with Crippen molar-refractivity contribution in [2.45, 2.75) is 38.3 Å². The maximum absolute atomic E-state index is 5.76. The molecule has 0 aromatic carbocycles. The standard InChI is InChI=1S/C16H25N3O2/c1-16(2)11-13(5-8-21-16)18-14-3-4-15(17-12-14)19-6-9-20-10-7-19/h3-4,12-13,18H,5-11H2,1-2H3. The van der Waals surface area contributed by atoms with Crippen molar-refractivity contribution in [2.24, 2.45) is 0 Å². The largest absolute Gasteiger partial charge is 0.381 e. The molecule has 5 heteroatoms. The van der Waals surface area contributed by atoms with Gasteiger partial charge in [0, 0.05) is 25.7 Å². The van der Waals surface area contributed by atoms with Crippen LogP contribution in [0.2, 0.25) is 0 Å². The second-order valence-corrected chi connectivity index (χ2v) is 6.45. The first-order chi connectivity index (χ1) is 10.1. The van der Waals surface area contributed by atoms with Crippen LogP contribution in [-0.2, 0) is 9.47 Å². The van der Waals surface area contributed by atoms with Crippen LogP contribution >= 0.6 is 0 Å². The second-order valence-electron chi connectivity index (χ2n) is 6.45. The Labute approximate surface area is 126 Å². The minimum absolute atomic E-state index is 0.0307. The maximum atomic E-state index is 5.76. The Kier molecular flexibility index (Phi) is 4.31. The van der Waals surface area contributed by atoms with Crippen LogP contribution in [-0.4, -0.2) is 49.5 Å². The number of hydrogen-bond donors (Lipinski definition) is 1. The Hall–Kier alpha value is -1.33. The summed E-state index contributed by atoms with van der Waals surface area (Å²) < 4.78 is 11.1. The SMILES string of the molecule is CC1(C)CC(Nc2ccc(N3CCOCC3)nc2)CCO1. The van der Waals surface area contributed by atoms with Crippen molar-refractivity contribution in [1.82, 2.24) is 4.98 Å². The van der Waals surface area contributed by atoms with Gasteiger partial charge in [-0.3, -0.25) is 0 Å². The van der Waals surface area contributed by atoms with Gasteiger partial charge in [-0.1, -0.05) is 0 Å². The van der Waals surface area contributed by atoms with E-state index < -0.39 is 0 Å². The first-order valence-electron chi connectivity index (χ1n) is 7.82. The van der Waals surface area contributed by atoms with Crippen LogP contribution in [0.4, 0.5) is 11.5 Å². The monoisotopic (exact) mass is 291 g/mol. The third-order valence-corrected chi connectivity index (χ3v) is 4.15. The number of nitrogens with zero attached hydrogens (tertiary/aromatic N) is 2. The fourth-order valence-electron chi connectivity index (χ4n) is 3.04. The molecule has 3 heterocycles. The molecule has 0 spiro atoms. The molecule has 2 fully saturated rings. The lowest BCUT2D eigenvalue weighted by molar-refractivity contribution is -0.0553. The van der Waals surface area contributed by atoms with E-state index in [0.717, 1.165) is 57.3 Å². The smallest absolute Gasteiger partial charge is 0.128 e. The molecule has 1 unspecified atom stereocenters. The Morgan fingerprint density at radius 2 is 2.05 bits per heavy atom. The molecule has 5 nitrogen and oxygen atoms in total. The molecule has 116 valence electrons. The summed E-state index contributed by atoms with van der Waals surface area (Å²) in [5.41, 5.74) is 1.06. The van der Waals surface area contributed by atoms with E-state index in [1.165, 1.54) is 0 Å². The van der Waals surface area contributed by atoms with Crippen molar-refractivity contribution in [2.75, 3.05) is 43.1 Å². The van der Waals surface area contributed by atoms with Crippen LogP contribution in [0.15, 0.2) is 18.3 Å². The van der Waals surface area contributed by atoms with E-state index in [-0.39, 0.29) is 5.60 Å². The third kappa shape index (κ3) is 3.86. The molecule has 0 amide bonds. The Balaban J connectivity index is 1.59. The Morgan fingerprint density at radius 3 is 2.71 bits per heavy atom. The third-order valence-electron chi connectivity index (χ3n) is 4.15. The summed E-state index contributed by atoms with van der Waals surface area (Å²) in [6, 6.07) is 4.68.